The number of hydrogen-bond acceptors (Lipinski definition) is 3. The quantitative estimate of drug-likeness (QED) is 0.891. The van der Waals surface area contributed by atoms with Gasteiger partial charge in [0.05, 0.1) is 4.47 Å². The molecule has 1 atom stereocenters. The van der Waals surface area contributed by atoms with E-state index in [9.17, 15) is 0 Å². The number of benzene rings is 1. The summed E-state index contributed by atoms with van der Waals surface area (Å²) in [5.74, 6) is 1.41. The fourth-order valence-electron chi connectivity index (χ4n) is 1.87. The molecule has 1 N–H and O–H groups in total. The third kappa shape index (κ3) is 3.55. The molecule has 4 heteroatoms. The molecule has 3 nitrogen and oxygen atoms in total. The molecule has 1 unspecified atom stereocenters. The third-order valence-electron chi connectivity index (χ3n) is 2.82. The van der Waals surface area contributed by atoms with Crippen molar-refractivity contribution in [2.45, 2.75) is 19.9 Å². The summed E-state index contributed by atoms with van der Waals surface area (Å²) in [6.07, 6.45) is 1.74. The molecule has 0 radical (unpaired) electrons. The molecule has 0 aliphatic carbocycles. The van der Waals surface area contributed by atoms with Gasteiger partial charge >= 0.3 is 0 Å². The van der Waals surface area contributed by atoms with Crippen molar-refractivity contribution in [2.24, 2.45) is 0 Å². The van der Waals surface area contributed by atoms with Gasteiger partial charge in [-0.15, -0.1) is 0 Å². The van der Waals surface area contributed by atoms with Gasteiger partial charge in [-0.25, -0.2) is 4.98 Å². The number of ether oxygens (including phenoxy) is 1. The largest absolute Gasteiger partial charge is 0.437 e. The molecule has 2 rings (SSSR count). The average molecular weight is 321 g/mol. The van der Waals surface area contributed by atoms with Gasteiger partial charge < -0.3 is 10.1 Å². The van der Waals surface area contributed by atoms with Gasteiger partial charge in [-0.3, -0.25) is 0 Å². The van der Waals surface area contributed by atoms with Crippen LogP contribution in [0.1, 0.15) is 25.5 Å². The molecule has 1 aromatic carbocycles. The van der Waals surface area contributed by atoms with E-state index in [1.54, 1.807) is 6.20 Å². The summed E-state index contributed by atoms with van der Waals surface area (Å²) in [6, 6.07) is 11.9. The first-order chi connectivity index (χ1) is 9.22. The maximum Gasteiger partial charge on any atom is 0.224 e. The first-order valence-electron chi connectivity index (χ1n) is 6.33. The van der Waals surface area contributed by atoms with Gasteiger partial charge in [0.25, 0.3) is 0 Å². The van der Waals surface area contributed by atoms with E-state index < -0.39 is 0 Å². The zero-order valence-electron chi connectivity index (χ0n) is 11.1. The number of halogens is 1. The summed E-state index contributed by atoms with van der Waals surface area (Å²) in [5.41, 5.74) is 1.06. The van der Waals surface area contributed by atoms with E-state index in [0.717, 1.165) is 22.3 Å². The van der Waals surface area contributed by atoms with Crippen molar-refractivity contribution in [1.29, 1.82) is 0 Å². The zero-order chi connectivity index (χ0) is 13.7. The predicted molar refractivity (Wildman–Crippen MR) is 80.5 cm³/mol. The molecule has 0 aliphatic heterocycles. The molecule has 0 amide bonds. The number of nitrogens with zero attached hydrogens (tertiary/aromatic N) is 1. The van der Waals surface area contributed by atoms with Crippen LogP contribution in [0.3, 0.4) is 0 Å². The second-order valence-electron chi connectivity index (χ2n) is 4.21. The van der Waals surface area contributed by atoms with Gasteiger partial charge in [0.15, 0.2) is 0 Å². The lowest BCUT2D eigenvalue weighted by atomic mass is 10.1. The molecule has 100 valence electrons. The SMILES string of the molecule is CCNC(C)c1cccnc1Oc1ccccc1Br. The van der Waals surface area contributed by atoms with Crippen LogP contribution in [-0.2, 0) is 0 Å². The molecule has 0 saturated heterocycles. The summed E-state index contributed by atoms with van der Waals surface area (Å²) in [4.78, 5) is 4.34. The van der Waals surface area contributed by atoms with Crippen LogP contribution in [0, 0.1) is 0 Å². The van der Waals surface area contributed by atoms with Crippen LogP contribution in [0.5, 0.6) is 11.6 Å². The van der Waals surface area contributed by atoms with Gasteiger partial charge in [-0.2, -0.15) is 0 Å². The van der Waals surface area contributed by atoms with Crippen molar-refractivity contribution in [3.63, 3.8) is 0 Å². The first kappa shape index (κ1) is 14.0. The number of nitrogens with one attached hydrogen (secondary N) is 1. The normalized spacial score (nSPS) is 12.2. The van der Waals surface area contributed by atoms with Gasteiger partial charge in [0.2, 0.25) is 5.88 Å². The third-order valence-corrected chi connectivity index (χ3v) is 3.48. The Morgan fingerprint density at radius 2 is 2.05 bits per heavy atom. The van der Waals surface area contributed by atoms with Crippen LogP contribution in [0.15, 0.2) is 47.1 Å². The summed E-state index contributed by atoms with van der Waals surface area (Å²) >= 11 is 3.48. The van der Waals surface area contributed by atoms with E-state index in [2.05, 4.69) is 40.1 Å². The fourth-order valence-corrected chi connectivity index (χ4v) is 2.23. The highest BCUT2D eigenvalue weighted by atomic mass is 79.9. The molecular weight excluding hydrogens is 304 g/mol. The molecule has 0 saturated carbocycles. The molecule has 0 aliphatic rings. The Balaban J connectivity index is 2.28. The average Bonchev–Trinajstić information content (AvgIpc) is 2.42. The summed E-state index contributed by atoms with van der Waals surface area (Å²) in [6.45, 7) is 5.10. The number of aromatic nitrogens is 1. The first-order valence-corrected chi connectivity index (χ1v) is 7.12. The van der Waals surface area contributed by atoms with Crippen molar-refractivity contribution in [3.05, 3.63) is 52.6 Å². The fraction of sp³-hybridized carbons (Fsp3) is 0.267. The molecule has 0 spiro atoms. The lowest BCUT2D eigenvalue weighted by Gasteiger charge is -2.16. The van der Waals surface area contributed by atoms with Gasteiger partial charge in [0.1, 0.15) is 5.75 Å². The van der Waals surface area contributed by atoms with E-state index in [-0.39, 0.29) is 6.04 Å². The molecular formula is C15H17BrN2O. The summed E-state index contributed by atoms with van der Waals surface area (Å²) in [5, 5.41) is 3.37. The van der Waals surface area contributed by atoms with E-state index in [1.807, 2.05) is 36.4 Å². The van der Waals surface area contributed by atoms with Crippen LogP contribution in [0.25, 0.3) is 0 Å². The van der Waals surface area contributed by atoms with E-state index in [1.165, 1.54) is 0 Å². The van der Waals surface area contributed by atoms with Gasteiger partial charge in [0, 0.05) is 17.8 Å². The van der Waals surface area contributed by atoms with E-state index >= 15 is 0 Å². The molecule has 0 bridgehead atoms. The lowest BCUT2D eigenvalue weighted by molar-refractivity contribution is 0.441. The lowest BCUT2D eigenvalue weighted by Crippen LogP contribution is -2.18. The summed E-state index contributed by atoms with van der Waals surface area (Å²) < 4.78 is 6.83. The molecule has 2 aromatic rings. The van der Waals surface area contributed by atoms with Crippen molar-refractivity contribution < 1.29 is 4.74 Å². The second-order valence-corrected chi connectivity index (χ2v) is 5.06. The minimum absolute atomic E-state index is 0.205. The van der Waals surface area contributed by atoms with E-state index in [4.69, 9.17) is 4.74 Å². The predicted octanol–water partition coefficient (Wildman–Crippen LogP) is 4.31. The number of pyridine rings is 1. The van der Waals surface area contributed by atoms with Crippen LogP contribution in [-0.4, -0.2) is 11.5 Å². The Hall–Kier alpha value is -1.39. The Bertz CT molecular complexity index is 545. The van der Waals surface area contributed by atoms with Crippen LogP contribution in [0.4, 0.5) is 0 Å². The Labute approximate surface area is 122 Å². The van der Waals surface area contributed by atoms with Crippen LogP contribution in [0.2, 0.25) is 0 Å². The minimum atomic E-state index is 0.205. The van der Waals surface area contributed by atoms with E-state index in [0.29, 0.717) is 5.88 Å². The standard InChI is InChI=1S/C15H17BrN2O/c1-3-17-11(2)12-7-6-10-18-15(12)19-14-9-5-4-8-13(14)16/h4-11,17H,3H2,1-2H3. The Morgan fingerprint density at radius 1 is 1.26 bits per heavy atom. The zero-order valence-corrected chi connectivity index (χ0v) is 12.6. The molecule has 1 aromatic heterocycles. The highest BCUT2D eigenvalue weighted by Gasteiger charge is 2.13. The van der Waals surface area contributed by atoms with Crippen molar-refractivity contribution in [2.75, 3.05) is 6.54 Å². The minimum Gasteiger partial charge on any atom is -0.437 e. The Kier molecular flexibility index (Phi) is 4.93. The van der Waals surface area contributed by atoms with Crippen molar-refractivity contribution in [1.82, 2.24) is 10.3 Å². The maximum absolute atomic E-state index is 5.91. The van der Waals surface area contributed by atoms with Gasteiger partial charge in [-0.1, -0.05) is 25.1 Å². The number of para-hydroxylation sites is 1. The summed E-state index contributed by atoms with van der Waals surface area (Å²) in [7, 11) is 0. The topological polar surface area (TPSA) is 34.2 Å². The smallest absolute Gasteiger partial charge is 0.224 e. The van der Waals surface area contributed by atoms with Crippen molar-refractivity contribution >= 4 is 15.9 Å². The van der Waals surface area contributed by atoms with Crippen LogP contribution >= 0.6 is 15.9 Å². The maximum atomic E-state index is 5.91. The second kappa shape index (κ2) is 6.68. The molecule has 1 heterocycles. The number of hydrogen-bond donors (Lipinski definition) is 1. The molecule has 0 fully saturated rings. The highest BCUT2D eigenvalue weighted by Crippen LogP contribution is 2.31. The van der Waals surface area contributed by atoms with Gasteiger partial charge in [-0.05, 0) is 47.6 Å². The monoisotopic (exact) mass is 320 g/mol. The Morgan fingerprint density at radius 3 is 2.79 bits per heavy atom. The van der Waals surface area contributed by atoms with Crippen molar-refractivity contribution in [3.8, 4) is 11.6 Å². The highest BCUT2D eigenvalue weighted by molar-refractivity contribution is 9.10. The molecule has 19 heavy (non-hydrogen) atoms. The van der Waals surface area contributed by atoms with Crippen LogP contribution < -0.4 is 10.1 Å². The number of rotatable bonds is 5.